The maximum atomic E-state index is 5.71. The van der Waals surface area contributed by atoms with Crippen LogP contribution in [0.1, 0.15) is 30.2 Å². The molecule has 0 saturated carbocycles. The third kappa shape index (κ3) is 2.09. The van der Waals surface area contributed by atoms with Gasteiger partial charge in [-0.25, -0.2) is 0 Å². The zero-order chi connectivity index (χ0) is 12.4. The molecule has 2 N–H and O–H groups in total. The van der Waals surface area contributed by atoms with E-state index in [1.165, 1.54) is 34.1 Å². The molecule has 2 rings (SSSR count). The smallest absolute Gasteiger partial charge is 0.0485 e. The average Bonchev–Trinajstić information content (AvgIpc) is 2.55. The van der Waals surface area contributed by atoms with Crippen molar-refractivity contribution in [1.82, 2.24) is 4.57 Å². The summed E-state index contributed by atoms with van der Waals surface area (Å²) in [7, 11) is 0. The zero-order valence-electron chi connectivity index (χ0n) is 11.1. The van der Waals surface area contributed by atoms with Crippen LogP contribution in [-0.2, 0) is 13.0 Å². The summed E-state index contributed by atoms with van der Waals surface area (Å²) in [4.78, 5) is 0. The molecule has 92 valence electrons. The molecule has 0 unspecified atom stereocenters. The fourth-order valence-electron chi connectivity index (χ4n) is 2.65. The molecule has 1 aromatic carbocycles. The molecule has 1 aromatic heterocycles. The maximum absolute atomic E-state index is 5.71. The highest BCUT2D eigenvalue weighted by Gasteiger charge is 2.12. The topological polar surface area (TPSA) is 30.9 Å². The largest absolute Gasteiger partial charge is 0.343 e. The Bertz CT molecular complexity index is 523. The van der Waals surface area contributed by atoms with Gasteiger partial charge in [0.2, 0.25) is 0 Å². The monoisotopic (exact) mass is 230 g/mol. The molecule has 1 heterocycles. The Hall–Kier alpha value is -1.28. The van der Waals surface area contributed by atoms with E-state index >= 15 is 0 Å². The summed E-state index contributed by atoms with van der Waals surface area (Å²) in [6.07, 6.45) is 2.35. The van der Waals surface area contributed by atoms with Crippen LogP contribution >= 0.6 is 0 Å². The van der Waals surface area contributed by atoms with Gasteiger partial charge in [0.1, 0.15) is 0 Å². The Morgan fingerprint density at radius 3 is 2.65 bits per heavy atom. The number of hydrogen-bond donors (Lipinski definition) is 1. The molecule has 0 saturated heterocycles. The first kappa shape index (κ1) is 12.2. The van der Waals surface area contributed by atoms with Crippen LogP contribution in [0.15, 0.2) is 18.2 Å². The molecule has 0 aliphatic carbocycles. The van der Waals surface area contributed by atoms with Crippen LogP contribution in [0.3, 0.4) is 0 Å². The summed E-state index contributed by atoms with van der Waals surface area (Å²) >= 11 is 0. The first-order valence-corrected chi connectivity index (χ1v) is 6.47. The quantitative estimate of drug-likeness (QED) is 0.859. The number of rotatable bonds is 4. The maximum Gasteiger partial charge on any atom is 0.0485 e. The van der Waals surface area contributed by atoms with Gasteiger partial charge in [-0.3, -0.25) is 0 Å². The molecule has 17 heavy (non-hydrogen) atoms. The van der Waals surface area contributed by atoms with Crippen LogP contribution in [0.5, 0.6) is 0 Å². The Labute approximate surface area is 103 Å². The van der Waals surface area contributed by atoms with Crippen molar-refractivity contribution in [3.63, 3.8) is 0 Å². The van der Waals surface area contributed by atoms with E-state index in [1.54, 1.807) is 0 Å². The predicted molar refractivity (Wildman–Crippen MR) is 74.5 cm³/mol. The van der Waals surface area contributed by atoms with E-state index in [2.05, 4.69) is 43.5 Å². The zero-order valence-corrected chi connectivity index (χ0v) is 11.1. The SMILES string of the molecule is CCCc1c(C)n(CCN)c2ccc(C)cc12. The van der Waals surface area contributed by atoms with E-state index < -0.39 is 0 Å². The molecule has 2 heteroatoms. The molecule has 0 radical (unpaired) electrons. The molecular formula is C15H22N2. The Balaban J connectivity index is 2.69. The molecule has 0 atom stereocenters. The molecular weight excluding hydrogens is 208 g/mol. The van der Waals surface area contributed by atoms with Gasteiger partial charge in [-0.2, -0.15) is 0 Å². The van der Waals surface area contributed by atoms with Gasteiger partial charge in [-0.15, -0.1) is 0 Å². The van der Waals surface area contributed by atoms with Crippen molar-refractivity contribution in [2.24, 2.45) is 5.73 Å². The van der Waals surface area contributed by atoms with Crippen molar-refractivity contribution < 1.29 is 0 Å². The number of nitrogens with two attached hydrogens (primary N) is 1. The van der Waals surface area contributed by atoms with Crippen LogP contribution in [0.25, 0.3) is 10.9 Å². The lowest BCUT2D eigenvalue weighted by molar-refractivity contribution is 0.708. The summed E-state index contributed by atoms with van der Waals surface area (Å²) < 4.78 is 2.36. The summed E-state index contributed by atoms with van der Waals surface area (Å²) in [5, 5.41) is 1.41. The van der Waals surface area contributed by atoms with Gasteiger partial charge < -0.3 is 10.3 Å². The molecule has 0 bridgehead atoms. The normalized spacial score (nSPS) is 11.3. The lowest BCUT2D eigenvalue weighted by Gasteiger charge is -2.06. The number of fused-ring (bicyclic) bond motifs is 1. The fraction of sp³-hybridized carbons (Fsp3) is 0.467. The summed E-state index contributed by atoms with van der Waals surface area (Å²) in [6, 6.07) is 6.72. The second kappa shape index (κ2) is 4.92. The van der Waals surface area contributed by atoms with Crippen LogP contribution in [0.2, 0.25) is 0 Å². The average molecular weight is 230 g/mol. The molecule has 2 nitrogen and oxygen atoms in total. The summed E-state index contributed by atoms with van der Waals surface area (Å²) in [5.74, 6) is 0. The van der Waals surface area contributed by atoms with Crippen molar-refractivity contribution >= 4 is 10.9 Å². The van der Waals surface area contributed by atoms with E-state index in [4.69, 9.17) is 5.73 Å². The summed E-state index contributed by atoms with van der Waals surface area (Å²) in [5.41, 5.74) is 11.3. The van der Waals surface area contributed by atoms with E-state index in [0.29, 0.717) is 6.54 Å². The van der Waals surface area contributed by atoms with E-state index in [-0.39, 0.29) is 0 Å². The number of benzene rings is 1. The first-order chi connectivity index (χ1) is 8.19. The standard InChI is InChI=1S/C15H22N2/c1-4-5-13-12(3)17(9-8-16)15-7-6-11(2)10-14(13)15/h6-7,10H,4-5,8-9,16H2,1-3H3. The van der Waals surface area contributed by atoms with E-state index in [0.717, 1.165) is 13.0 Å². The van der Waals surface area contributed by atoms with Crippen molar-refractivity contribution in [3.05, 3.63) is 35.0 Å². The first-order valence-electron chi connectivity index (χ1n) is 6.47. The minimum atomic E-state index is 0.698. The van der Waals surface area contributed by atoms with Gasteiger partial charge in [0.15, 0.2) is 0 Å². The minimum absolute atomic E-state index is 0.698. The Morgan fingerprint density at radius 2 is 2.00 bits per heavy atom. The highest BCUT2D eigenvalue weighted by molar-refractivity contribution is 5.86. The molecule has 2 aromatic rings. The van der Waals surface area contributed by atoms with Crippen LogP contribution in [0, 0.1) is 13.8 Å². The molecule has 0 spiro atoms. The highest BCUT2D eigenvalue weighted by atomic mass is 15.0. The Morgan fingerprint density at radius 1 is 1.24 bits per heavy atom. The van der Waals surface area contributed by atoms with Gasteiger partial charge >= 0.3 is 0 Å². The van der Waals surface area contributed by atoms with Crippen molar-refractivity contribution in [2.45, 2.75) is 40.2 Å². The van der Waals surface area contributed by atoms with Crippen molar-refractivity contribution in [3.8, 4) is 0 Å². The van der Waals surface area contributed by atoms with Crippen LogP contribution in [0.4, 0.5) is 0 Å². The number of aromatic nitrogens is 1. The molecule has 0 aliphatic heterocycles. The summed E-state index contributed by atoms with van der Waals surface area (Å²) in [6.45, 7) is 8.22. The molecule has 0 aliphatic rings. The minimum Gasteiger partial charge on any atom is -0.343 e. The lowest BCUT2D eigenvalue weighted by atomic mass is 10.0. The van der Waals surface area contributed by atoms with E-state index in [9.17, 15) is 0 Å². The highest BCUT2D eigenvalue weighted by Crippen LogP contribution is 2.27. The number of nitrogens with zero attached hydrogens (tertiary/aromatic N) is 1. The number of aryl methyl sites for hydroxylation is 2. The number of hydrogen-bond acceptors (Lipinski definition) is 1. The lowest BCUT2D eigenvalue weighted by Crippen LogP contribution is -2.11. The molecule has 0 fully saturated rings. The third-order valence-corrected chi connectivity index (χ3v) is 3.46. The second-order valence-electron chi connectivity index (χ2n) is 4.77. The predicted octanol–water partition coefficient (Wildman–Crippen LogP) is 3.17. The molecule has 0 amide bonds. The van der Waals surface area contributed by atoms with Gasteiger partial charge in [0, 0.05) is 29.7 Å². The van der Waals surface area contributed by atoms with Gasteiger partial charge in [-0.1, -0.05) is 25.0 Å². The van der Waals surface area contributed by atoms with Crippen LogP contribution in [-0.4, -0.2) is 11.1 Å². The second-order valence-corrected chi connectivity index (χ2v) is 4.77. The van der Waals surface area contributed by atoms with Crippen molar-refractivity contribution in [2.75, 3.05) is 6.54 Å². The third-order valence-electron chi connectivity index (χ3n) is 3.46. The van der Waals surface area contributed by atoms with Crippen LogP contribution < -0.4 is 5.73 Å². The van der Waals surface area contributed by atoms with E-state index in [1.807, 2.05) is 0 Å². The van der Waals surface area contributed by atoms with Crippen molar-refractivity contribution in [1.29, 1.82) is 0 Å². The fourth-order valence-corrected chi connectivity index (χ4v) is 2.65. The van der Waals surface area contributed by atoms with Gasteiger partial charge in [-0.05, 0) is 38.0 Å². The Kier molecular flexibility index (Phi) is 3.53. The van der Waals surface area contributed by atoms with Gasteiger partial charge in [0.25, 0.3) is 0 Å². The van der Waals surface area contributed by atoms with Gasteiger partial charge in [0.05, 0.1) is 0 Å².